The van der Waals surface area contributed by atoms with Gasteiger partial charge in [0.25, 0.3) is 11.8 Å². The van der Waals surface area contributed by atoms with Crippen LogP contribution in [0.25, 0.3) is 0 Å². The molecule has 0 aliphatic heterocycles. The first-order valence-electron chi connectivity index (χ1n) is 9.08. The van der Waals surface area contributed by atoms with Crippen molar-refractivity contribution >= 4 is 23.2 Å². The number of nitrogens with one attached hydrogen (secondary N) is 2. The first kappa shape index (κ1) is 19.2. The number of amides is 2. The predicted molar refractivity (Wildman–Crippen MR) is 111 cm³/mol. The standard InChI is InChI=1S/C23H22N2O3/c1-3-28-21-10-5-4-9-20(21)25-22(26)17-11-13-19(14-12-17)24-23(27)18-8-6-7-16(2)15-18/h4-15H,3H2,1-2H3,(H,24,27)(H,25,26). The van der Waals surface area contributed by atoms with Gasteiger partial charge >= 0.3 is 0 Å². The molecule has 3 aromatic carbocycles. The number of carbonyl (C=O) groups is 2. The van der Waals surface area contributed by atoms with Crippen LogP contribution in [0.15, 0.2) is 72.8 Å². The van der Waals surface area contributed by atoms with Gasteiger partial charge in [-0.05, 0) is 62.4 Å². The summed E-state index contributed by atoms with van der Waals surface area (Å²) in [5, 5.41) is 5.69. The van der Waals surface area contributed by atoms with Crippen molar-refractivity contribution in [1.82, 2.24) is 0 Å². The highest BCUT2D eigenvalue weighted by atomic mass is 16.5. The molecule has 0 saturated heterocycles. The number of hydrogen-bond donors (Lipinski definition) is 2. The number of aryl methyl sites for hydroxylation is 1. The lowest BCUT2D eigenvalue weighted by Crippen LogP contribution is -2.14. The molecule has 28 heavy (non-hydrogen) atoms. The quantitative estimate of drug-likeness (QED) is 0.645. The number of carbonyl (C=O) groups excluding carboxylic acids is 2. The maximum absolute atomic E-state index is 12.5. The third kappa shape index (κ3) is 4.76. The van der Waals surface area contributed by atoms with E-state index in [1.807, 2.05) is 50.2 Å². The molecule has 0 radical (unpaired) electrons. The summed E-state index contributed by atoms with van der Waals surface area (Å²) < 4.78 is 5.52. The Bertz CT molecular complexity index is 981. The maximum Gasteiger partial charge on any atom is 0.255 e. The Morgan fingerprint density at radius 1 is 0.821 bits per heavy atom. The fourth-order valence-corrected chi connectivity index (χ4v) is 2.74. The Hall–Kier alpha value is -3.60. The lowest BCUT2D eigenvalue weighted by atomic mass is 10.1. The molecule has 0 saturated carbocycles. The summed E-state index contributed by atoms with van der Waals surface area (Å²) in [6.45, 7) is 4.35. The van der Waals surface area contributed by atoms with Crippen molar-refractivity contribution < 1.29 is 14.3 Å². The third-order valence-electron chi connectivity index (χ3n) is 4.12. The molecule has 0 atom stereocenters. The molecule has 0 fully saturated rings. The van der Waals surface area contributed by atoms with Gasteiger partial charge < -0.3 is 15.4 Å². The number of para-hydroxylation sites is 2. The molecular formula is C23H22N2O3. The summed E-state index contributed by atoms with van der Waals surface area (Å²) in [6.07, 6.45) is 0. The second kappa shape index (κ2) is 8.86. The van der Waals surface area contributed by atoms with Gasteiger partial charge in [0.15, 0.2) is 0 Å². The van der Waals surface area contributed by atoms with E-state index in [0.717, 1.165) is 5.56 Å². The number of rotatable bonds is 6. The summed E-state index contributed by atoms with van der Waals surface area (Å²) in [7, 11) is 0. The summed E-state index contributed by atoms with van der Waals surface area (Å²) in [5.74, 6) is 0.190. The SMILES string of the molecule is CCOc1ccccc1NC(=O)c1ccc(NC(=O)c2cccc(C)c2)cc1. The van der Waals surface area contributed by atoms with Crippen LogP contribution in [-0.2, 0) is 0 Å². The fourth-order valence-electron chi connectivity index (χ4n) is 2.74. The Morgan fingerprint density at radius 2 is 1.54 bits per heavy atom. The van der Waals surface area contributed by atoms with E-state index in [9.17, 15) is 9.59 Å². The van der Waals surface area contributed by atoms with Gasteiger partial charge in [-0.15, -0.1) is 0 Å². The van der Waals surface area contributed by atoms with Gasteiger partial charge in [-0.25, -0.2) is 0 Å². The molecule has 0 heterocycles. The smallest absolute Gasteiger partial charge is 0.255 e. The van der Waals surface area contributed by atoms with Gasteiger partial charge in [0.2, 0.25) is 0 Å². The number of benzene rings is 3. The van der Waals surface area contributed by atoms with Crippen LogP contribution >= 0.6 is 0 Å². The predicted octanol–water partition coefficient (Wildman–Crippen LogP) is 4.90. The molecule has 3 rings (SSSR count). The molecule has 3 aromatic rings. The van der Waals surface area contributed by atoms with Crippen LogP contribution in [0.1, 0.15) is 33.2 Å². The van der Waals surface area contributed by atoms with Gasteiger partial charge in [-0.1, -0.05) is 29.8 Å². The Kier molecular flexibility index (Phi) is 6.07. The van der Waals surface area contributed by atoms with E-state index in [1.165, 1.54) is 0 Å². The first-order chi connectivity index (χ1) is 13.6. The van der Waals surface area contributed by atoms with Crippen LogP contribution in [0, 0.1) is 6.92 Å². The monoisotopic (exact) mass is 374 g/mol. The Balaban J connectivity index is 1.67. The topological polar surface area (TPSA) is 67.4 Å². The maximum atomic E-state index is 12.5. The highest BCUT2D eigenvalue weighted by Crippen LogP contribution is 2.24. The molecule has 0 aliphatic rings. The summed E-state index contributed by atoms with van der Waals surface area (Å²) in [5.41, 5.74) is 3.34. The van der Waals surface area contributed by atoms with E-state index < -0.39 is 0 Å². The zero-order valence-electron chi connectivity index (χ0n) is 15.9. The highest BCUT2D eigenvalue weighted by molar-refractivity contribution is 6.06. The van der Waals surface area contributed by atoms with Gasteiger partial charge in [0.1, 0.15) is 5.75 Å². The van der Waals surface area contributed by atoms with E-state index >= 15 is 0 Å². The molecule has 142 valence electrons. The van der Waals surface area contributed by atoms with E-state index in [4.69, 9.17) is 4.74 Å². The molecule has 0 aliphatic carbocycles. The number of anilines is 2. The molecule has 2 N–H and O–H groups in total. The zero-order chi connectivity index (χ0) is 19.9. The van der Waals surface area contributed by atoms with E-state index in [1.54, 1.807) is 36.4 Å². The van der Waals surface area contributed by atoms with Crippen LogP contribution in [0.5, 0.6) is 5.75 Å². The van der Waals surface area contributed by atoms with Crippen molar-refractivity contribution in [3.8, 4) is 5.75 Å². The van der Waals surface area contributed by atoms with E-state index in [0.29, 0.717) is 34.9 Å². The minimum absolute atomic E-state index is 0.188. The lowest BCUT2D eigenvalue weighted by Gasteiger charge is -2.11. The minimum atomic E-state index is -0.247. The third-order valence-corrected chi connectivity index (χ3v) is 4.12. The minimum Gasteiger partial charge on any atom is -0.492 e. The van der Waals surface area contributed by atoms with Gasteiger partial charge in [0.05, 0.1) is 12.3 Å². The Morgan fingerprint density at radius 3 is 2.25 bits per heavy atom. The number of hydrogen-bond acceptors (Lipinski definition) is 3. The average molecular weight is 374 g/mol. The Labute approximate surface area is 164 Å². The second-order valence-corrected chi connectivity index (χ2v) is 6.28. The molecule has 5 nitrogen and oxygen atoms in total. The van der Waals surface area contributed by atoms with Crippen molar-refractivity contribution in [3.63, 3.8) is 0 Å². The lowest BCUT2D eigenvalue weighted by molar-refractivity contribution is 0.101. The molecule has 5 heteroatoms. The van der Waals surface area contributed by atoms with Crippen LogP contribution in [0.2, 0.25) is 0 Å². The van der Waals surface area contributed by atoms with Gasteiger partial charge in [-0.3, -0.25) is 9.59 Å². The van der Waals surface area contributed by atoms with Gasteiger partial charge in [-0.2, -0.15) is 0 Å². The van der Waals surface area contributed by atoms with Crippen LogP contribution < -0.4 is 15.4 Å². The normalized spacial score (nSPS) is 10.2. The molecule has 2 amide bonds. The molecular weight excluding hydrogens is 352 g/mol. The van der Waals surface area contributed by atoms with Crippen molar-refractivity contribution in [1.29, 1.82) is 0 Å². The first-order valence-corrected chi connectivity index (χ1v) is 9.08. The van der Waals surface area contributed by atoms with Crippen LogP contribution in [0.3, 0.4) is 0 Å². The van der Waals surface area contributed by atoms with Gasteiger partial charge in [0, 0.05) is 16.8 Å². The summed E-state index contributed by atoms with van der Waals surface area (Å²) in [4.78, 5) is 24.8. The van der Waals surface area contributed by atoms with Crippen molar-refractivity contribution in [3.05, 3.63) is 89.5 Å². The van der Waals surface area contributed by atoms with E-state index in [-0.39, 0.29) is 11.8 Å². The zero-order valence-corrected chi connectivity index (χ0v) is 15.9. The fraction of sp³-hybridized carbons (Fsp3) is 0.130. The average Bonchev–Trinajstić information content (AvgIpc) is 2.70. The van der Waals surface area contributed by atoms with E-state index in [2.05, 4.69) is 10.6 Å². The largest absolute Gasteiger partial charge is 0.492 e. The van der Waals surface area contributed by atoms with Crippen molar-refractivity contribution in [2.75, 3.05) is 17.2 Å². The summed E-state index contributed by atoms with van der Waals surface area (Å²) >= 11 is 0. The summed E-state index contributed by atoms with van der Waals surface area (Å²) in [6, 6.07) is 21.4. The number of ether oxygens (including phenoxy) is 1. The van der Waals surface area contributed by atoms with Crippen molar-refractivity contribution in [2.45, 2.75) is 13.8 Å². The van der Waals surface area contributed by atoms with Crippen LogP contribution in [0.4, 0.5) is 11.4 Å². The molecule has 0 bridgehead atoms. The second-order valence-electron chi connectivity index (χ2n) is 6.28. The highest BCUT2D eigenvalue weighted by Gasteiger charge is 2.11. The van der Waals surface area contributed by atoms with Crippen LogP contribution in [-0.4, -0.2) is 18.4 Å². The molecule has 0 spiro atoms. The molecule has 0 unspecified atom stereocenters. The van der Waals surface area contributed by atoms with Crippen molar-refractivity contribution in [2.24, 2.45) is 0 Å². The molecule has 0 aromatic heterocycles.